The fraction of sp³-hybridized carbons (Fsp3) is 0.333. The van der Waals surface area contributed by atoms with Crippen LogP contribution >= 0.6 is 15.9 Å². The monoisotopic (exact) mass is 240 g/mol. The Morgan fingerprint density at radius 1 is 1.46 bits per heavy atom. The van der Waals surface area contributed by atoms with Crippen molar-refractivity contribution >= 4 is 21.6 Å². The smallest absolute Gasteiger partial charge is 0.0906 e. The van der Waals surface area contributed by atoms with Gasteiger partial charge in [-0.2, -0.15) is 0 Å². The summed E-state index contributed by atoms with van der Waals surface area (Å²) in [5.74, 6) is 0. The molecular formula is C9H9BrN2O. The number of rotatable bonds is 1. The highest BCUT2D eigenvalue weighted by Crippen LogP contribution is 2.11. The highest BCUT2D eigenvalue weighted by atomic mass is 79.9. The lowest BCUT2D eigenvalue weighted by Crippen LogP contribution is -2.19. The van der Waals surface area contributed by atoms with Gasteiger partial charge in [-0.05, 0) is 12.1 Å². The van der Waals surface area contributed by atoms with E-state index in [1.807, 2.05) is 12.1 Å². The average Bonchev–Trinajstić information content (AvgIpc) is 2.19. The SMILES string of the molecule is Brc1ccnc(C2=NCCOC2)c1. The summed E-state index contributed by atoms with van der Waals surface area (Å²) in [5.41, 5.74) is 1.83. The largest absolute Gasteiger partial charge is 0.373 e. The van der Waals surface area contributed by atoms with E-state index < -0.39 is 0 Å². The van der Waals surface area contributed by atoms with Gasteiger partial charge in [-0.3, -0.25) is 9.98 Å². The van der Waals surface area contributed by atoms with Gasteiger partial charge in [0, 0.05) is 10.7 Å². The summed E-state index contributed by atoms with van der Waals surface area (Å²) < 4.78 is 6.31. The number of hydrogen-bond acceptors (Lipinski definition) is 3. The Morgan fingerprint density at radius 2 is 2.38 bits per heavy atom. The van der Waals surface area contributed by atoms with Crippen molar-refractivity contribution in [1.82, 2.24) is 4.98 Å². The van der Waals surface area contributed by atoms with Crippen LogP contribution < -0.4 is 0 Å². The van der Waals surface area contributed by atoms with Gasteiger partial charge in [0.25, 0.3) is 0 Å². The standard InChI is InChI=1S/C9H9BrN2O/c10-7-1-2-11-8(5-7)9-6-13-4-3-12-9/h1-2,5H,3-4,6H2. The molecule has 0 bridgehead atoms. The topological polar surface area (TPSA) is 34.5 Å². The molecule has 4 heteroatoms. The van der Waals surface area contributed by atoms with Crippen LogP contribution in [0.5, 0.6) is 0 Å². The van der Waals surface area contributed by atoms with E-state index in [0.717, 1.165) is 29.0 Å². The second-order valence-electron chi connectivity index (χ2n) is 2.74. The Hall–Kier alpha value is -0.740. The number of hydrogen-bond donors (Lipinski definition) is 0. The van der Waals surface area contributed by atoms with Crippen molar-refractivity contribution in [3.8, 4) is 0 Å². The Morgan fingerprint density at radius 3 is 3.08 bits per heavy atom. The van der Waals surface area contributed by atoms with Crippen molar-refractivity contribution in [3.05, 3.63) is 28.5 Å². The number of nitrogens with zero attached hydrogens (tertiary/aromatic N) is 2. The van der Waals surface area contributed by atoms with Gasteiger partial charge in [-0.15, -0.1) is 0 Å². The lowest BCUT2D eigenvalue weighted by molar-refractivity contribution is 0.171. The molecule has 2 heterocycles. The first-order valence-corrected chi connectivity index (χ1v) is 4.88. The van der Waals surface area contributed by atoms with Crippen molar-refractivity contribution in [2.24, 2.45) is 4.99 Å². The number of aromatic nitrogens is 1. The molecule has 68 valence electrons. The number of halogens is 1. The van der Waals surface area contributed by atoms with E-state index in [-0.39, 0.29) is 0 Å². The summed E-state index contributed by atoms with van der Waals surface area (Å²) in [5, 5.41) is 0. The fourth-order valence-electron chi connectivity index (χ4n) is 1.18. The van der Waals surface area contributed by atoms with Crippen LogP contribution in [0.25, 0.3) is 0 Å². The predicted molar refractivity (Wildman–Crippen MR) is 54.2 cm³/mol. The van der Waals surface area contributed by atoms with Crippen LogP contribution in [0.4, 0.5) is 0 Å². The average molecular weight is 241 g/mol. The summed E-state index contributed by atoms with van der Waals surface area (Å²) in [6, 6.07) is 3.85. The minimum atomic E-state index is 0.573. The number of ether oxygens (including phenoxy) is 1. The maximum absolute atomic E-state index is 5.29. The number of aliphatic imine (C=N–C) groups is 1. The van der Waals surface area contributed by atoms with Gasteiger partial charge in [0.05, 0.1) is 31.2 Å². The molecule has 0 aromatic carbocycles. The van der Waals surface area contributed by atoms with Gasteiger partial charge in [-0.25, -0.2) is 0 Å². The zero-order valence-corrected chi connectivity index (χ0v) is 8.62. The zero-order valence-electron chi connectivity index (χ0n) is 7.03. The summed E-state index contributed by atoms with van der Waals surface area (Å²) in [7, 11) is 0. The van der Waals surface area contributed by atoms with E-state index in [9.17, 15) is 0 Å². The minimum Gasteiger partial charge on any atom is -0.373 e. The Balaban J connectivity index is 2.29. The molecule has 0 saturated carbocycles. The molecule has 0 saturated heterocycles. The van der Waals surface area contributed by atoms with Gasteiger partial charge in [0.15, 0.2) is 0 Å². The molecule has 1 aliphatic heterocycles. The molecule has 0 fully saturated rings. The van der Waals surface area contributed by atoms with E-state index in [0.29, 0.717) is 6.61 Å². The Bertz CT molecular complexity index is 338. The van der Waals surface area contributed by atoms with Gasteiger partial charge in [0.2, 0.25) is 0 Å². The van der Waals surface area contributed by atoms with E-state index in [1.54, 1.807) is 6.20 Å². The van der Waals surface area contributed by atoms with Gasteiger partial charge in [0.1, 0.15) is 0 Å². The Labute approximate surface area is 85.0 Å². The van der Waals surface area contributed by atoms with Crippen LogP contribution in [0, 0.1) is 0 Å². The molecule has 1 aromatic heterocycles. The molecule has 0 atom stereocenters. The molecule has 0 spiro atoms. The van der Waals surface area contributed by atoms with Crippen molar-refractivity contribution in [1.29, 1.82) is 0 Å². The second-order valence-corrected chi connectivity index (χ2v) is 3.66. The Kier molecular flexibility index (Phi) is 2.71. The molecule has 0 N–H and O–H groups in total. The van der Waals surface area contributed by atoms with Crippen LogP contribution in [0.15, 0.2) is 27.8 Å². The molecule has 2 rings (SSSR count). The van der Waals surface area contributed by atoms with E-state index in [1.165, 1.54) is 0 Å². The quantitative estimate of drug-likeness (QED) is 0.749. The molecule has 1 aliphatic rings. The predicted octanol–water partition coefficient (Wildman–Crippen LogP) is 1.66. The van der Waals surface area contributed by atoms with Crippen LogP contribution in [0.2, 0.25) is 0 Å². The third-order valence-corrected chi connectivity index (χ3v) is 2.29. The van der Waals surface area contributed by atoms with Gasteiger partial charge in [-0.1, -0.05) is 15.9 Å². The van der Waals surface area contributed by atoms with Crippen LogP contribution in [-0.2, 0) is 4.74 Å². The second kappa shape index (κ2) is 3.98. The number of pyridine rings is 1. The summed E-state index contributed by atoms with van der Waals surface area (Å²) in [4.78, 5) is 8.57. The zero-order chi connectivity index (χ0) is 9.10. The molecule has 0 radical (unpaired) electrons. The molecule has 0 amide bonds. The molecule has 0 aliphatic carbocycles. The normalized spacial score (nSPS) is 16.8. The minimum absolute atomic E-state index is 0.573. The first kappa shape index (κ1) is 8.84. The molecule has 0 unspecified atom stereocenters. The van der Waals surface area contributed by atoms with Crippen molar-refractivity contribution in [2.45, 2.75) is 0 Å². The van der Waals surface area contributed by atoms with E-state index in [4.69, 9.17) is 4.74 Å². The molecule has 1 aromatic rings. The molecular weight excluding hydrogens is 232 g/mol. The first-order valence-electron chi connectivity index (χ1n) is 4.09. The summed E-state index contributed by atoms with van der Waals surface area (Å²) >= 11 is 3.39. The van der Waals surface area contributed by atoms with E-state index >= 15 is 0 Å². The molecule has 13 heavy (non-hydrogen) atoms. The third-order valence-electron chi connectivity index (χ3n) is 1.79. The highest BCUT2D eigenvalue weighted by molar-refractivity contribution is 9.10. The maximum Gasteiger partial charge on any atom is 0.0906 e. The lowest BCUT2D eigenvalue weighted by Gasteiger charge is -2.11. The highest BCUT2D eigenvalue weighted by Gasteiger charge is 2.08. The third kappa shape index (κ3) is 2.14. The maximum atomic E-state index is 5.29. The van der Waals surface area contributed by atoms with Crippen LogP contribution in [-0.4, -0.2) is 30.5 Å². The van der Waals surface area contributed by atoms with Crippen molar-refractivity contribution in [3.63, 3.8) is 0 Å². The van der Waals surface area contributed by atoms with Crippen LogP contribution in [0.3, 0.4) is 0 Å². The summed E-state index contributed by atoms with van der Waals surface area (Å²) in [6.07, 6.45) is 1.76. The molecule has 3 nitrogen and oxygen atoms in total. The van der Waals surface area contributed by atoms with Gasteiger partial charge >= 0.3 is 0 Å². The lowest BCUT2D eigenvalue weighted by atomic mass is 10.2. The van der Waals surface area contributed by atoms with Crippen molar-refractivity contribution < 1.29 is 4.74 Å². The summed E-state index contributed by atoms with van der Waals surface area (Å²) in [6.45, 7) is 2.03. The van der Waals surface area contributed by atoms with E-state index in [2.05, 4.69) is 25.9 Å². The van der Waals surface area contributed by atoms with Crippen molar-refractivity contribution in [2.75, 3.05) is 19.8 Å². The van der Waals surface area contributed by atoms with Gasteiger partial charge < -0.3 is 4.74 Å². The first-order chi connectivity index (χ1) is 6.36. The fourth-order valence-corrected chi connectivity index (χ4v) is 1.51. The van der Waals surface area contributed by atoms with Crippen LogP contribution in [0.1, 0.15) is 5.69 Å².